The molecule has 0 spiro atoms. The third-order valence-electron chi connectivity index (χ3n) is 8.34. The Morgan fingerprint density at radius 3 is 2.37 bits per heavy atom. The summed E-state index contributed by atoms with van der Waals surface area (Å²) in [5.41, 5.74) is 4.08. The Morgan fingerprint density at radius 1 is 1.20 bits per heavy atom. The number of nitrogens with two attached hydrogens (primary N) is 1. The van der Waals surface area contributed by atoms with Gasteiger partial charge in [0.15, 0.2) is 0 Å². The molecule has 0 heterocycles. The number of hydrogen-bond donors (Lipinski definition) is 5. The standard InChI is InChI=1S/C29H38I2N3O7/c1-13(2)7-8-31-12-15-10-17(33(3)4)16-9-14-11-28(30)24(34(5)6)23(37)20(27(32)40)26(39)29(28,41)25(38)18(14)22(36)19(16)21(15)35/h10,13-14,24,35-36,39,41H,7-9,11-12H2,1-6H3,(H2,32,40)/q-1/t14-,24?,28+,29-/m0/s1. The number of rotatable bonds is 8. The van der Waals surface area contributed by atoms with E-state index in [4.69, 9.17) is 5.73 Å². The number of nitrogens with zero attached hydrogens (tertiary/aromatic N) is 2. The van der Waals surface area contributed by atoms with Crippen LogP contribution >= 0.6 is 22.6 Å². The molecule has 1 amide bonds. The zero-order valence-electron chi connectivity index (χ0n) is 24.1. The molecule has 226 valence electrons. The van der Waals surface area contributed by atoms with Crippen LogP contribution in [-0.2, 0) is 25.2 Å². The normalized spacial score (nSPS) is 27.9. The minimum absolute atomic E-state index is 0.0232. The number of aromatic hydroxyl groups is 1. The van der Waals surface area contributed by atoms with Gasteiger partial charge < -0.3 is 0 Å². The van der Waals surface area contributed by atoms with Gasteiger partial charge in [0.2, 0.25) is 0 Å². The molecule has 0 bridgehead atoms. The minimum atomic E-state index is -2.71. The van der Waals surface area contributed by atoms with Gasteiger partial charge in [-0.05, 0) is 0 Å². The molecular formula is C29H38I2N3O7-. The van der Waals surface area contributed by atoms with Gasteiger partial charge in [-0.15, -0.1) is 0 Å². The number of Topliss-reactive ketones (excluding diaryl/α,β-unsaturated/α-hetero) is 2. The predicted octanol–water partition coefficient (Wildman–Crippen LogP) is -0.777. The van der Waals surface area contributed by atoms with Crippen molar-refractivity contribution >= 4 is 51.5 Å². The van der Waals surface area contributed by atoms with Gasteiger partial charge in [0, 0.05) is 0 Å². The summed E-state index contributed by atoms with van der Waals surface area (Å²) in [6, 6.07) is 0.780. The van der Waals surface area contributed by atoms with Crippen molar-refractivity contribution in [2.75, 3.05) is 37.5 Å². The van der Waals surface area contributed by atoms with Gasteiger partial charge in [0.05, 0.1) is 0 Å². The van der Waals surface area contributed by atoms with Crippen molar-refractivity contribution in [3.05, 3.63) is 39.7 Å². The molecule has 1 aromatic carbocycles. The Kier molecular flexibility index (Phi) is 8.82. The van der Waals surface area contributed by atoms with Crippen LogP contribution in [0.1, 0.15) is 43.4 Å². The predicted molar refractivity (Wildman–Crippen MR) is 160 cm³/mol. The van der Waals surface area contributed by atoms with E-state index in [1.165, 1.54) is 4.90 Å². The van der Waals surface area contributed by atoms with E-state index in [2.05, 4.69) is 13.8 Å². The molecule has 1 saturated carbocycles. The van der Waals surface area contributed by atoms with Crippen molar-refractivity contribution in [1.29, 1.82) is 0 Å². The SMILES string of the molecule is CC(C)CC[I-]Cc1cc(N(C)C)c2c(c1O)C(O)=C1C(=O)[C@]3(O)C(O)=C(C(N)=O)C(=O)C(N(C)C)[C@]3(I)C[C@@H]1C2. The summed E-state index contributed by atoms with van der Waals surface area (Å²) < 4.78 is 0.186. The molecule has 1 unspecified atom stereocenters. The zero-order chi connectivity index (χ0) is 30.8. The second kappa shape index (κ2) is 11.3. The Balaban J connectivity index is 1.93. The number of phenols is 1. The van der Waals surface area contributed by atoms with Gasteiger partial charge >= 0.3 is 266 Å². The first kappa shape index (κ1) is 32.0. The molecule has 1 aromatic rings. The summed E-state index contributed by atoms with van der Waals surface area (Å²) >= 11 is 1.60. The first-order chi connectivity index (χ1) is 19.0. The Labute approximate surface area is 264 Å². The summed E-state index contributed by atoms with van der Waals surface area (Å²) in [4.78, 5) is 43.3. The first-order valence-corrected chi connectivity index (χ1v) is 17.6. The number of phenolic OH excluding ortho intramolecular Hbond substituents is 1. The van der Waals surface area contributed by atoms with E-state index < -0.39 is 55.5 Å². The third kappa shape index (κ3) is 4.85. The topological polar surface area (TPSA) is 165 Å². The molecule has 3 aliphatic rings. The van der Waals surface area contributed by atoms with Crippen LogP contribution in [0.3, 0.4) is 0 Å². The van der Waals surface area contributed by atoms with Gasteiger partial charge in [-0.1, -0.05) is 0 Å². The van der Waals surface area contributed by atoms with Crippen LogP contribution in [0.15, 0.2) is 23.0 Å². The van der Waals surface area contributed by atoms with Crippen LogP contribution in [0.2, 0.25) is 0 Å². The summed E-state index contributed by atoms with van der Waals surface area (Å²) in [5.74, 6) is -4.74. The Bertz CT molecular complexity index is 1390. The van der Waals surface area contributed by atoms with Gasteiger partial charge in [-0.2, -0.15) is 0 Å². The maximum atomic E-state index is 14.2. The molecule has 4 atom stereocenters. The third-order valence-corrected chi connectivity index (χ3v) is 12.9. The first-order valence-electron chi connectivity index (χ1n) is 13.4. The quantitative estimate of drug-likeness (QED) is 0.0985. The second-order valence-corrected chi connectivity index (χ2v) is 16.8. The van der Waals surface area contributed by atoms with Gasteiger partial charge in [0.25, 0.3) is 0 Å². The van der Waals surface area contributed by atoms with Gasteiger partial charge in [0.1, 0.15) is 0 Å². The molecule has 4 rings (SSSR count). The zero-order valence-corrected chi connectivity index (χ0v) is 28.4. The Morgan fingerprint density at radius 2 is 1.83 bits per heavy atom. The number of aliphatic hydroxyl groups excluding tert-OH is 2. The Hall–Kier alpha value is -1.91. The fourth-order valence-corrected chi connectivity index (χ4v) is 11.5. The summed E-state index contributed by atoms with van der Waals surface area (Å²) in [7, 11) is 6.92. The fraction of sp³-hybridized carbons (Fsp3) is 0.552. The molecule has 12 heteroatoms. The molecular weight excluding hydrogens is 756 g/mol. The molecule has 10 nitrogen and oxygen atoms in total. The molecule has 0 radical (unpaired) electrons. The molecule has 0 saturated heterocycles. The maximum absolute atomic E-state index is 14.2. The number of alkyl halides is 3. The summed E-state index contributed by atoms with van der Waals surface area (Å²) in [6.07, 6.45) is 1.38. The summed E-state index contributed by atoms with van der Waals surface area (Å²) in [6.45, 7) is 4.35. The number of halogens is 2. The van der Waals surface area contributed by atoms with Crippen molar-refractivity contribution in [1.82, 2.24) is 4.90 Å². The second-order valence-electron chi connectivity index (χ2n) is 11.9. The van der Waals surface area contributed by atoms with E-state index in [0.717, 1.165) is 16.5 Å². The van der Waals surface area contributed by atoms with Crippen LogP contribution in [0.25, 0.3) is 5.76 Å². The number of hydrogen-bond acceptors (Lipinski definition) is 9. The molecule has 6 N–H and O–H groups in total. The van der Waals surface area contributed by atoms with Gasteiger partial charge in [-0.3, -0.25) is 0 Å². The number of aliphatic hydroxyl groups is 3. The number of amides is 1. The fourth-order valence-electron chi connectivity index (χ4n) is 6.35. The van der Waals surface area contributed by atoms with Crippen molar-refractivity contribution in [3.63, 3.8) is 0 Å². The number of fused-ring (bicyclic) bond motifs is 3. The number of anilines is 1. The number of benzene rings is 1. The van der Waals surface area contributed by atoms with E-state index in [0.29, 0.717) is 21.5 Å². The van der Waals surface area contributed by atoms with Crippen LogP contribution in [0.4, 0.5) is 5.69 Å². The number of carbonyl (C=O) groups excluding carboxylic acids is 3. The molecule has 0 aromatic heterocycles. The number of carbonyl (C=O) groups is 3. The van der Waals surface area contributed by atoms with Crippen LogP contribution in [0.5, 0.6) is 5.75 Å². The number of likely N-dealkylation sites (N-methyl/N-ethyl adjacent to an activating group) is 1. The van der Waals surface area contributed by atoms with Crippen LogP contribution < -0.4 is 31.8 Å². The average molecular weight is 794 g/mol. The monoisotopic (exact) mass is 794 g/mol. The van der Waals surface area contributed by atoms with E-state index in [1.807, 2.05) is 47.7 Å². The molecule has 1 fully saturated rings. The van der Waals surface area contributed by atoms with Crippen LogP contribution in [0, 0.1) is 11.8 Å². The number of primary amides is 1. The van der Waals surface area contributed by atoms with E-state index in [1.54, 1.807) is 14.1 Å². The van der Waals surface area contributed by atoms with E-state index >= 15 is 0 Å². The van der Waals surface area contributed by atoms with E-state index in [-0.39, 0.29) is 50.9 Å². The average Bonchev–Trinajstić information content (AvgIpc) is 2.84. The number of ketones is 2. The van der Waals surface area contributed by atoms with Crippen molar-refractivity contribution in [2.24, 2.45) is 17.6 Å². The summed E-state index contributed by atoms with van der Waals surface area (Å²) in [5, 5.41) is 46.3. The van der Waals surface area contributed by atoms with Crippen molar-refractivity contribution in [3.8, 4) is 5.75 Å². The molecule has 3 aliphatic carbocycles. The van der Waals surface area contributed by atoms with Gasteiger partial charge in [-0.25, -0.2) is 0 Å². The molecule has 41 heavy (non-hydrogen) atoms. The van der Waals surface area contributed by atoms with Crippen molar-refractivity contribution in [2.45, 2.75) is 52.6 Å². The van der Waals surface area contributed by atoms with Crippen molar-refractivity contribution < 1.29 is 56.0 Å². The molecule has 0 aliphatic heterocycles. The van der Waals surface area contributed by atoms with Crippen LogP contribution in [-0.4, -0.2) is 90.5 Å². The van der Waals surface area contributed by atoms with E-state index in [9.17, 15) is 34.8 Å².